The summed E-state index contributed by atoms with van der Waals surface area (Å²) in [5.41, 5.74) is 3.41. The van der Waals surface area contributed by atoms with Gasteiger partial charge in [-0.3, -0.25) is 9.69 Å². The Balaban J connectivity index is 1.74. The monoisotopic (exact) mass is 427 g/mol. The summed E-state index contributed by atoms with van der Waals surface area (Å²) in [4.78, 5) is 23.2. The number of thiazole rings is 1. The highest BCUT2D eigenvalue weighted by Gasteiger charge is 2.20. The van der Waals surface area contributed by atoms with E-state index in [0.29, 0.717) is 13.0 Å². The van der Waals surface area contributed by atoms with E-state index in [-0.39, 0.29) is 5.91 Å². The maximum atomic E-state index is 13.1. The number of nitrogens with zero attached hydrogens (tertiary/aromatic N) is 3. The van der Waals surface area contributed by atoms with Crippen LogP contribution < -0.4 is 4.90 Å². The van der Waals surface area contributed by atoms with E-state index in [4.69, 9.17) is 4.98 Å². The van der Waals surface area contributed by atoms with Crippen LogP contribution in [0.15, 0.2) is 47.4 Å². The number of anilines is 1. The summed E-state index contributed by atoms with van der Waals surface area (Å²) in [5, 5.41) is 0.821. The molecule has 0 radical (unpaired) electrons. The number of carbonyl (C=O) groups excluding carboxylic acids is 1. The number of carbonyl (C=O) groups is 1. The molecule has 0 aliphatic rings. The SMILES string of the molecule is Cc1cc(C)c2nc(N(CCCN(C)C)C(=O)CCSc3ccccc3)sc2c1. The molecule has 0 aliphatic carbocycles. The summed E-state index contributed by atoms with van der Waals surface area (Å²) in [7, 11) is 4.12. The molecule has 0 spiro atoms. The number of hydrogen-bond donors (Lipinski definition) is 0. The summed E-state index contributed by atoms with van der Waals surface area (Å²) in [5.74, 6) is 0.927. The van der Waals surface area contributed by atoms with Crippen molar-refractivity contribution < 1.29 is 4.79 Å². The van der Waals surface area contributed by atoms with Gasteiger partial charge in [0.2, 0.25) is 5.91 Å². The summed E-state index contributed by atoms with van der Waals surface area (Å²) in [6.07, 6.45) is 1.44. The van der Waals surface area contributed by atoms with Crippen molar-refractivity contribution in [2.75, 3.05) is 37.8 Å². The van der Waals surface area contributed by atoms with E-state index < -0.39 is 0 Å². The van der Waals surface area contributed by atoms with Crippen LogP contribution >= 0.6 is 23.1 Å². The first-order chi connectivity index (χ1) is 13.9. The van der Waals surface area contributed by atoms with Crippen LogP contribution in [-0.2, 0) is 4.79 Å². The minimum atomic E-state index is 0.153. The maximum absolute atomic E-state index is 13.1. The van der Waals surface area contributed by atoms with E-state index in [2.05, 4.69) is 57.1 Å². The third-order valence-corrected chi connectivity index (χ3v) is 6.70. The molecule has 0 unspecified atom stereocenters. The molecule has 0 saturated heterocycles. The van der Waals surface area contributed by atoms with Crippen LogP contribution in [0.2, 0.25) is 0 Å². The van der Waals surface area contributed by atoms with Crippen LogP contribution in [0.4, 0.5) is 5.13 Å². The van der Waals surface area contributed by atoms with Gasteiger partial charge >= 0.3 is 0 Å². The molecule has 6 heteroatoms. The smallest absolute Gasteiger partial charge is 0.229 e. The third kappa shape index (κ3) is 6.04. The molecule has 29 heavy (non-hydrogen) atoms. The van der Waals surface area contributed by atoms with Gasteiger partial charge in [0.1, 0.15) is 0 Å². The number of hydrogen-bond acceptors (Lipinski definition) is 5. The molecule has 2 aromatic carbocycles. The fourth-order valence-corrected chi connectivity index (χ4v) is 5.30. The predicted octanol–water partition coefficient (Wildman–Crippen LogP) is 5.38. The first-order valence-electron chi connectivity index (χ1n) is 9.95. The van der Waals surface area contributed by atoms with Gasteiger partial charge in [0.25, 0.3) is 0 Å². The van der Waals surface area contributed by atoms with E-state index in [1.165, 1.54) is 16.0 Å². The van der Waals surface area contributed by atoms with Gasteiger partial charge < -0.3 is 4.90 Å². The minimum absolute atomic E-state index is 0.153. The Morgan fingerprint density at radius 3 is 2.59 bits per heavy atom. The van der Waals surface area contributed by atoms with E-state index in [9.17, 15) is 4.79 Å². The van der Waals surface area contributed by atoms with Crippen LogP contribution in [-0.4, -0.2) is 48.7 Å². The Labute approximate surface area is 181 Å². The Bertz CT molecular complexity index is 953. The van der Waals surface area contributed by atoms with Crippen molar-refractivity contribution in [2.24, 2.45) is 0 Å². The lowest BCUT2D eigenvalue weighted by Gasteiger charge is -2.21. The van der Waals surface area contributed by atoms with Crippen LogP contribution in [0.3, 0.4) is 0 Å². The van der Waals surface area contributed by atoms with Crippen molar-refractivity contribution in [1.29, 1.82) is 0 Å². The topological polar surface area (TPSA) is 36.4 Å². The van der Waals surface area contributed by atoms with Gasteiger partial charge in [-0.15, -0.1) is 11.8 Å². The van der Waals surface area contributed by atoms with Gasteiger partial charge in [-0.25, -0.2) is 4.98 Å². The third-order valence-electron chi connectivity index (χ3n) is 4.67. The standard InChI is InChI=1S/C23H29N3OS2/c1-17-15-18(2)22-20(16-17)29-23(24-22)26(13-8-12-25(3)4)21(27)11-14-28-19-9-6-5-7-10-19/h5-7,9-10,15-16H,8,11-14H2,1-4H3. The number of amides is 1. The second kappa shape index (κ2) is 10.2. The zero-order valence-electron chi connectivity index (χ0n) is 17.6. The van der Waals surface area contributed by atoms with E-state index in [1.807, 2.05) is 23.1 Å². The molecular weight excluding hydrogens is 398 g/mol. The lowest BCUT2D eigenvalue weighted by atomic mass is 10.1. The second-order valence-electron chi connectivity index (χ2n) is 7.54. The molecule has 1 amide bonds. The Morgan fingerprint density at radius 2 is 1.86 bits per heavy atom. The highest BCUT2D eigenvalue weighted by atomic mass is 32.2. The largest absolute Gasteiger partial charge is 0.309 e. The first kappa shape index (κ1) is 21.8. The molecule has 0 saturated carbocycles. The molecule has 154 valence electrons. The predicted molar refractivity (Wildman–Crippen MR) is 126 cm³/mol. The van der Waals surface area contributed by atoms with Gasteiger partial charge in [0, 0.05) is 23.6 Å². The van der Waals surface area contributed by atoms with Crippen LogP contribution in [0.25, 0.3) is 10.2 Å². The summed E-state index contributed by atoms with van der Waals surface area (Å²) in [6, 6.07) is 14.6. The second-order valence-corrected chi connectivity index (χ2v) is 9.72. The molecule has 0 atom stereocenters. The molecule has 0 aliphatic heterocycles. The van der Waals surface area contributed by atoms with E-state index in [1.54, 1.807) is 23.1 Å². The molecule has 3 rings (SSSR count). The van der Waals surface area contributed by atoms with Gasteiger partial charge in [0.05, 0.1) is 10.2 Å². The number of fused-ring (bicyclic) bond motifs is 1. The minimum Gasteiger partial charge on any atom is -0.309 e. The first-order valence-corrected chi connectivity index (χ1v) is 11.7. The molecular formula is C23H29N3OS2. The number of thioether (sulfide) groups is 1. The average molecular weight is 428 g/mol. The highest BCUT2D eigenvalue weighted by molar-refractivity contribution is 7.99. The van der Waals surface area contributed by atoms with Gasteiger partial charge in [0.15, 0.2) is 5.13 Å². The van der Waals surface area contributed by atoms with Crippen molar-refractivity contribution in [3.63, 3.8) is 0 Å². The molecule has 4 nitrogen and oxygen atoms in total. The lowest BCUT2D eigenvalue weighted by molar-refractivity contribution is -0.118. The molecule has 0 bridgehead atoms. The van der Waals surface area contributed by atoms with Gasteiger partial charge in [-0.05, 0) is 70.2 Å². The zero-order chi connectivity index (χ0) is 20.8. The van der Waals surface area contributed by atoms with Crippen LogP contribution in [0.5, 0.6) is 0 Å². The Hall–Kier alpha value is -1.89. The summed E-state index contributed by atoms with van der Waals surface area (Å²) < 4.78 is 1.15. The van der Waals surface area contributed by atoms with Crippen molar-refractivity contribution in [2.45, 2.75) is 31.6 Å². The van der Waals surface area contributed by atoms with Gasteiger partial charge in [-0.2, -0.15) is 0 Å². The summed E-state index contributed by atoms with van der Waals surface area (Å²) in [6.45, 7) is 5.84. The van der Waals surface area contributed by atoms with Crippen molar-refractivity contribution in [1.82, 2.24) is 9.88 Å². The number of benzene rings is 2. The molecule has 0 fully saturated rings. The fourth-order valence-electron chi connectivity index (χ4n) is 3.25. The lowest BCUT2D eigenvalue weighted by Crippen LogP contribution is -2.33. The van der Waals surface area contributed by atoms with Crippen LogP contribution in [0, 0.1) is 13.8 Å². The number of aryl methyl sites for hydroxylation is 2. The van der Waals surface area contributed by atoms with Gasteiger partial charge in [-0.1, -0.05) is 35.6 Å². The van der Waals surface area contributed by atoms with Crippen molar-refractivity contribution >= 4 is 44.4 Å². The molecule has 1 aromatic heterocycles. The van der Waals surface area contributed by atoms with Crippen LogP contribution in [0.1, 0.15) is 24.0 Å². The number of aromatic nitrogens is 1. The molecule has 0 N–H and O–H groups in total. The highest BCUT2D eigenvalue weighted by Crippen LogP contribution is 2.32. The van der Waals surface area contributed by atoms with Crippen molar-refractivity contribution in [3.8, 4) is 0 Å². The maximum Gasteiger partial charge on any atom is 0.229 e. The van der Waals surface area contributed by atoms with Crippen molar-refractivity contribution in [3.05, 3.63) is 53.6 Å². The summed E-state index contributed by atoms with van der Waals surface area (Å²) >= 11 is 3.35. The van der Waals surface area contributed by atoms with E-state index >= 15 is 0 Å². The molecule has 1 heterocycles. The quantitative estimate of drug-likeness (QED) is 0.430. The normalized spacial score (nSPS) is 11.3. The number of rotatable bonds is 9. The fraction of sp³-hybridized carbons (Fsp3) is 0.391. The zero-order valence-corrected chi connectivity index (χ0v) is 19.3. The molecule has 3 aromatic rings. The Kier molecular flexibility index (Phi) is 7.70. The van der Waals surface area contributed by atoms with E-state index in [0.717, 1.165) is 34.1 Å². The Morgan fingerprint density at radius 1 is 1.10 bits per heavy atom. The average Bonchev–Trinajstić information content (AvgIpc) is 3.09.